The number of nitrogens with one attached hydrogen (secondary N) is 1. The van der Waals surface area contributed by atoms with Crippen LogP contribution in [-0.4, -0.2) is 16.8 Å². The van der Waals surface area contributed by atoms with Gasteiger partial charge >= 0.3 is 0 Å². The molecule has 5 N–H and O–H groups in total. The molecule has 1 aromatic carbocycles. The third kappa shape index (κ3) is 4.25. The smallest absolute Gasteiger partial charge is 0.247 e. The molecule has 1 heterocycles. The number of sulfonamides is 2. The summed E-state index contributed by atoms with van der Waals surface area (Å²) in [5.74, 6) is 0. The van der Waals surface area contributed by atoms with Crippen LogP contribution in [0.1, 0.15) is 4.88 Å². The highest BCUT2D eigenvalue weighted by molar-refractivity contribution is 7.91. The predicted octanol–water partition coefficient (Wildman–Crippen LogP) is 0.655. The van der Waals surface area contributed by atoms with Crippen LogP contribution in [-0.2, 0) is 26.6 Å². The molecule has 2 rings (SSSR count). The fraction of sp³-hybridized carbons (Fsp3) is 0.0909. The van der Waals surface area contributed by atoms with E-state index in [0.29, 0.717) is 12.2 Å². The van der Waals surface area contributed by atoms with Gasteiger partial charge in [0.25, 0.3) is 0 Å². The van der Waals surface area contributed by atoms with E-state index in [0.717, 1.165) is 16.2 Å². The molecule has 0 amide bonds. The second-order valence-electron chi connectivity index (χ2n) is 4.19. The largest absolute Gasteiger partial charge is 0.380 e. The van der Waals surface area contributed by atoms with Crippen LogP contribution >= 0.6 is 11.3 Å². The average molecular weight is 347 g/mol. The first-order valence-electron chi connectivity index (χ1n) is 5.64. The summed E-state index contributed by atoms with van der Waals surface area (Å²) in [7, 11) is -7.45. The van der Waals surface area contributed by atoms with Gasteiger partial charge in [-0.1, -0.05) is 6.07 Å². The minimum atomic E-state index is -3.76. The number of hydrogen-bond acceptors (Lipinski definition) is 6. The average Bonchev–Trinajstić information content (AvgIpc) is 2.84. The zero-order valence-electron chi connectivity index (χ0n) is 10.7. The van der Waals surface area contributed by atoms with Gasteiger partial charge in [0.1, 0.15) is 4.21 Å². The molecule has 2 aromatic rings. The lowest BCUT2D eigenvalue weighted by molar-refractivity contribution is 0.596. The third-order valence-electron chi connectivity index (χ3n) is 2.55. The number of benzene rings is 1. The molecule has 1 aromatic heterocycles. The van der Waals surface area contributed by atoms with Gasteiger partial charge in [0.2, 0.25) is 20.0 Å². The topological polar surface area (TPSA) is 132 Å². The van der Waals surface area contributed by atoms with E-state index in [1.807, 2.05) is 0 Å². The summed E-state index contributed by atoms with van der Waals surface area (Å²) in [6.07, 6.45) is 0. The number of hydrogen-bond donors (Lipinski definition) is 3. The Hall–Kier alpha value is -1.46. The van der Waals surface area contributed by atoms with Crippen molar-refractivity contribution in [2.24, 2.45) is 10.3 Å². The highest BCUT2D eigenvalue weighted by Crippen LogP contribution is 2.22. The van der Waals surface area contributed by atoms with Crippen molar-refractivity contribution >= 4 is 37.1 Å². The van der Waals surface area contributed by atoms with E-state index in [9.17, 15) is 16.8 Å². The normalized spacial score (nSPS) is 12.3. The van der Waals surface area contributed by atoms with E-state index in [4.69, 9.17) is 10.3 Å². The Balaban J connectivity index is 2.12. The van der Waals surface area contributed by atoms with Gasteiger partial charge in [-0.05, 0) is 30.3 Å². The minimum absolute atomic E-state index is 0.00362. The molecular weight excluding hydrogens is 334 g/mol. The molecule has 7 nitrogen and oxygen atoms in total. The van der Waals surface area contributed by atoms with Crippen molar-refractivity contribution in [2.45, 2.75) is 15.6 Å². The number of rotatable bonds is 5. The molecule has 0 radical (unpaired) electrons. The second-order valence-corrected chi connectivity index (χ2v) is 8.71. The first-order valence-corrected chi connectivity index (χ1v) is 9.55. The summed E-state index contributed by atoms with van der Waals surface area (Å²) in [6, 6.07) is 9.11. The highest BCUT2D eigenvalue weighted by atomic mass is 32.2. The maximum Gasteiger partial charge on any atom is 0.247 e. The van der Waals surface area contributed by atoms with E-state index in [1.165, 1.54) is 18.2 Å². The van der Waals surface area contributed by atoms with Crippen LogP contribution in [0.5, 0.6) is 0 Å². The molecule has 0 aliphatic carbocycles. The monoisotopic (exact) mass is 347 g/mol. The highest BCUT2D eigenvalue weighted by Gasteiger charge is 2.11. The van der Waals surface area contributed by atoms with Gasteiger partial charge in [-0.3, -0.25) is 0 Å². The lowest BCUT2D eigenvalue weighted by Gasteiger charge is -2.06. The van der Waals surface area contributed by atoms with Crippen molar-refractivity contribution < 1.29 is 16.8 Å². The fourth-order valence-electron chi connectivity index (χ4n) is 1.58. The lowest BCUT2D eigenvalue weighted by Crippen LogP contribution is -2.12. The minimum Gasteiger partial charge on any atom is -0.380 e. The molecule has 10 heteroatoms. The lowest BCUT2D eigenvalue weighted by atomic mass is 10.3. The fourth-order valence-corrected chi connectivity index (χ4v) is 3.86. The van der Waals surface area contributed by atoms with Crippen molar-refractivity contribution in [1.82, 2.24) is 0 Å². The van der Waals surface area contributed by atoms with Gasteiger partial charge in [-0.15, -0.1) is 11.3 Å². The van der Waals surface area contributed by atoms with Gasteiger partial charge < -0.3 is 5.32 Å². The molecule has 0 saturated carbocycles. The van der Waals surface area contributed by atoms with Gasteiger partial charge in [-0.25, -0.2) is 27.1 Å². The van der Waals surface area contributed by atoms with E-state index in [-0.39, 0.29) is 9.10 Å². The molecule has 0 bridgehead atoms. The van der Waals surface area contributed by atoms with Gasteiger partial charge in [0, 0.05) is 17.1 Å². The van der Waals surface area contributed by atoms with Crippen LogP contribution in [0.3, 0.4) is 0 Å². The van der Waals surface area contributed by atoms with Gasteiger partial charge in [0.05, 0.1) is 4.90 Å². The van der Waals surface area contributed by atoms with Gasteiger partial charge in [0.15, 0.2) is 0 Å². The number of primary sulfonamides is 2. The van der Waals surface area contributed by atoms with Gasteiger partial charge in [-0.2, -0.15) is 0 Å². The number of nitrogens with two attached hydrogens (primary N) is 2. The Kier molecular flexibility index (Phi) is 4.35. The zero-order valence-corrected chi connectivity index (χ0v) is 13.1. The van der Waals surface area contributed by atoms with Crippen LogP contribution < -0.4 is 15.6 Å². The maximum atomic E-state index is 11.2. The predicted molar refractivity (Wildman–Crippen MR) is 80.8 cm³/mol. The Morgan fingerprint density at radius 1 is 1.00 bits per heavy atom. The summed E-state index contributed by atoms with van der Waals surface area (Å²) < 4.78 is 44.9. The van der Waals surface area contributed by atoms with Crippen molar-refractivity contribution in [3.05, 3.63) is 41.3 Å². The van der Waals surface area contributed by atoms with E-state index in [2.05, 4.69) is 5.32 Å². The number of anilines is 1. The SMILES string of the molecule is NS(=O)(=O)c1cccc(NCc2ccc(S(N)(=O)=O)s2)c1. The molecule has 0 unspecified atom stereocenters. The zero-order chi connectivity index (χ0) is 15.7. The van der Waals surface area contributed by atoms with Crippen LogP contribution in [0, 0.1) is 0 Å². The molecule has 0 aliphatic rings. The molecule has 0 aliphatic heterocycles. The number of thiophene rings is 1. The Morgan fingerprint density at radius 3 is 2.29 bits per heavy atom. The molecule has 0 saturated heterocycles. The maximum absolute atomic E-state index is 11.2. The van der Waals surface area contributed by atoms with E-state index >= 15 is 0 Å². The summed E-state index contributed by atoms with van der Waals surface area (Å²) in [6.45, 7) is 0.342. The van der Waals surface area contributed by atoms with Crippen molar-refractivity contribution in [2.75, 3.05) is 5.32 Å². The summed E-state index contributed by atoms with van der Waals surface area (Å²) in [5.41, 5.74) is 0.562. The molecule has 21 heavy (non-hydrogen) atoms. The van der Waals surface area contributed by atoms with E-state index < -0.39 is 20.0 Å². The van der Waals surface area contributed by atoms with Crippen molar-refractivity contribution in [3.63, 3.8) is 0 Å². The molecule has 0 atom stereocenters. The molecular formula is C11H13N3O4S3. The van der Waals surface area contributed by atoms with Crippen LogP contribution in [0.25, 0.3) is 0 Å². The van der Waals surface area contributed by atoms with E-state index in [1.54, 1.807) is 18.2 Å². The van der Waals surface area contributed by atoms with Crippen molar-refractivity contribution in [3.8, 4) is 0 Å². The quantitative estimate of drug-likeness (QED) is 0.730. The molecule has 0 fully saturated rings. The third-order valence-corrected chi connectivity index (χ3v) is 5.98. The Labute approximate surface area is 126 Å². The van der Waals surface area contributed by atoms with Crippen LogP contribution in [0.15, 0.2) is 45.5 Å². The Morgan fingerprint density at radius 2 is 1.71 bits per heavy atom. The summed E-state index contributed by atoms with van der Waals surface area (Å²) >= 11 is 1.05. The van der Waals surface area contributed by atoms with Crippen molar-refractivity contribution in [1.29, 1.82) is 0 Å². The molecule has 114 valence electrons. The Bertz CT molecular complexity index is 856. The summed E-state index contributed by atoms with van der Waals surface area (Å²) in [4.78, 5) is 0.754. The summed E-state index contributed by atoms with van der Waals surface area (Å²) in [5, 5.41) is 13.1. The van der Waals surface area contributed by atoms with Crippen LogP contribution in [0.2, 0.25) is 0 Å². The first-order chi connectivity index (χ1) is 9.66. The molecule has 0 spiro atoms. The first kappa shape index (κ1) is 15.9. The standard InChI is InChI=1S/C11H13N3O4S3/c12-20(15,16)10-3-1-2-8(6-10)14-7-9-4-5-11(19-9)21(13,17)18/h1-6,14H,7H2,(H2,12,15,16)(H2,13,17,18). The van der Waals surface area contributed by atoms with Crippen LogP contribution in [0.4, 0.5) is 5.69 Å². The second kappa shape index (κ2) is 5.73.